The first-order chi connectivity index (χ1) is 7.70. The minimum absolute atomic E-state index is 0.300. The van der Waals surface area contributed by atoms with Gasteiger partial charge in [-0.15, -0.1) is 11.3 Å². The van der Waals surface area contributed by atoms with E-state index in [0.29, 0.717) is 12.0 Å². The molecular formula is C12H21N3S. The van der Waals surface area contributed by atoms with Gasteiger partial charge in [-0.3, -0.25) is 11.3 Å². The molecule has 3 atom stereocenters. The summed E-state index contributed by atoms with van der Waals surface area (Å²) in [4.78, 5) is 5.61. The van der Waals surface area contributed by atoms with E-state index in [2.05, 4.69) is 17.3 Å². The summed E-state index contributed by atoms with van der Waals surface area (Å²) < 4.78 is 0. The first-order valence-corrected chi connectivity index (χ1v) is 6.90. The molecule has 3 N–H and O–H groups in total. The number of nitrogens with two attached hydrogens (primary N) is 1. The summed E-state index contributed by atoms with van der Waals surface area (Å²) >= 11 is 1.76. The fourth-order valence-corrected chi connectivity index (χ4v) is 3.70. The molecule has 3 nitrogen and oxygen atoms in total. The van der Waals surface area contributed by atoms with Gasteiger partial charge in [-0.1, -0.05) is 19.8 Å². The van der Waals surface area contributed by atoms with Crippen LogP contribution in [0.5, 0.6) is 0 Å². The van der Waals surface area contributed by atoms with Gasteiger partial charge in [0.05, 0.1) is 11.0 Å². The van der Waals surface area contributed by atoms with Gasteiger partial charge < -0.3 is 0 Å². The molecule has 1 aliphatic carbocycles. The molecule has 1 aliphatic rings. The zero-order valence-corrected chi connectivity index (χ0v) is 10.9. The molecule has 1 fully saturated rings. The summed E-state index contributed by atoms with van der Waals surface area (Å²) in [5.41, 5.74) is 2.99. The zero-order valence-electron chi connectivity index (χ0n) is 10.1. The number of hydrogen-bond acceptors (Lipinski definition) is 4. The van der Waals surface area contributed by atoms with Gasteiger partial charge in [-0.2, -0.15) is 0 Å². The number of aromatic nitrogens is 1. The second-order valence-corrected chi connectivity index (χ2v) is 6.22. The van der Waals surface area contributed by atoms with E-state index in [9.17, 15) is 0 Å². The Hall–Kier alpha value is -0.450. The van der Waals surface area contributed by atoms with E-state index in [1.54, 1.807) is 11.3 Å². The Morgan fingerprint density at radius 3 is 2.94 bits per heavy atom. The van der Waals surface area contributed by atoms with Gasteiger partial charge in [0.15, 0.2) is 0 Å². The van der Waals surface area contributed by atoms with E-state index in [1.807, 2.05) is 13.1 Å². The van der Waals surface area contributed by atoms with Gasteiger partial charge in [0.25, 0.3) is 0 Å². The van der Waals surface area contributed by atoms with Gasteiger partial charge in [-0.05, 0) is 31.6 Å². The highest BCUT2D eigenvalue weighted by Gasteiger charge is 2.28. The average Bonchev–Trinajstić information content (AvgIpc) is 2.66. The Morgan fingerprint density at radius 1 is 1.56 bits per heavy atom. The lowest BCUT2D eigenvalue weighted by Gasteiger charge is -2.32. The van der Waals surface area contributed by atoms with Crippen LogP contribution in [0.15, 0.2) is 6.20 Å². The Balaban J connectivity index is 2.09. The molecule has 0 saturated heterocycles. The lowest BCUT2D eigenvalue weighted by atomic mass is 9.78. The van der Waals surface area contributed by atoms with Crippen LogP contribution in [0, 0.1) is 18.8 Å². The molecule has 1 heterocycles. The van der Waals surface area contributed by atoms with Crippen LogP contribution in [0.1, 0.15) is 48.5 Å². The highest BCUT2D eigenvalue weighted by Crippen LogP contribution is 2.38. The lowest BCUT2D eigenvalue weighted by molar-refractivity contribution is 0.226. The predicted octanol–water partition coefficient (Wildman–Crippen LogP) is 2.78. The molecule has 16 heavy (non-hydrogen) atoms. The summed E-state index contributed by atoms with van der Waals surface area (Å²) in [7, 11) is 0. The van der Waals surface area contributed by atoms with Crippen LogP contribution < -0.4 is 11.3 Å². The molecule has 4 heteroatoms. The minimum atomic E-state index is 0.300. The average molecular weight is 239 g/mol. The molecular weight excluding hydrogens is 218 g/mol. The highest BCUT2D eigenvalue weighted by molar-refractivity contribution is 7.11. The molecule has 0 aliphatic heterocycles. The third kappa shape index (κ3) is 2.62. The number of nitrogens with one attached hydrogen (secondary N) is 1. The second kappa shape index (κ2) is 5.25. The standard InChI is InChI=1S/C12H21N3S/c1-8-4-3-5-10(6-8)12(15-13)11-7-14-9(2)16-11/h7-8,10,12,15H,3-6,13H2,1-2H3. The largest absolute Gasteiger partial charge is 0.271 e. The highest BCUT2D eigenvalue weighted by atomic mass is 32.1. The van der Waals surface area contributed by atoms with E-state index in [-0.39, 0.29) is 0 Å². The third-order valence-corrected chi connectivity index (χ3v) is 4.57. The van der Waals surface area contributed by atoms with Crippen molar-refractivity contribution >= 4 is 11.3 Å². The quantitative estimate of drug-likeness (QED) is 0.630. The van der Waals surface area contributed by atoms with E-state index in [0.717, 1.165) is 10.9 Å². The normalized spacial score (nSPS) is 27.9. The first kappa shape index (κ1) is 12.0. The van der Waals surface area contributed by atoms with Crippen molar-refractivity contribution in [3.63, 3.8) is 0 Å². The Labute approximate surface area is 101 Å². The molecule has 0 radical (unpaired) electrons. The van der Waals surface area contributed by atoms with Crippen LogP contribution in [-0.4, -0.2) is 4.98 Å². The van der Waals surface area contributed by atoms with Crippen LogP contribution in [0.3, 0.4) is 0 Å². The van der Waals surface area contributed by atoms with Crippen molar-refractivity contribution in [2.75, 3.05) is 0 Å². The molecule has 3 unspecified atom stereocenters. The van der Waals surface area contributed by atoms with Gasteiger partial charge in [0.1, 0.15) is 0 Å². The molecule has 1 aromatic rings. The number of thiazole rings is 1. The van der Waals surface area contributed by atoms with Crippen LogP contribution in [0.2, 0.25) is 0 Å². The maximum Gasteiger partial charge on any atom is 0.0897 e. The van der Waals surface area contributed by atoms with E-state index >= 15 is 0 Å². The van der Waals surface area contributed by atoms with Crippen molar-refractivity contribution < 1.29 is 0 Å². The topological polar surface area (TPSA) is 50.9 Å². The van der Waals surface area contributed by atoms with Gasteiger partial charge in [0, 0.05) is 11.1 Å². The molecule has 0 spiro atoms. The zero-order chi connectivity index (χ0) is 11.5. The van der Waals surface area contributed by atoms with Crippen LogP contribution in [0.4, 0.5) is 0 Å². The van der Waals surface area contributed by atoms with Crippen LogP contribution in [-0.2, 0) is 0 Å². The number of rotatable bonds is 3. The number of aryl methyl sites for hydroxylation is 1. The van der Waals surface area contributed by atoms with Crippen molar-refractivity contribution in [1.29, 1.82) is 0 Å². The fraction of sp³-hybridized carbons (Fsp3) is 0.750. The maximum absolute atomic E-state index is 5.72. The smallest absolute Gasteiger partial charge is 0.0897 e. The molecule has 0 aromatic carbocycles. The summed E-state index contributed by atoms with van der Waals surface area (Å²) in [6, 6.07) is 0.300. The molecule has 90 valence electrons. The molecule has 0 bridgehead atoms. The molecule has 1 saturated carbocycles. The lowest BCUT2D eigenvalue weighted by Crippen LogP contribution is -2.35. The minimum Gasteiger partial charge on any atom is -0.271 e. The van der Waals surface area contributed by atoms with Crippen LogP contribution in [0.25, 0.3) is 0 Å². The summed E-state index contributed by atoms with van der Waals surface area (Å²) in [5, 5.41) is 1.12. The maximum atomic E-state index is 5.72. The van der Waals surface area contributed by atoms with E-state index < -0.39 is 0 Å². The van der Waals surface area contributed by atoms with E-state index in [4.69, 9.17) is 5.84 Å². The van der Waals surface area contributed by atoms with Crippen molar-refractivity contribution in [2.45, 2.75) is 45.6 Å². The van der Waals surface area contributed by atoms with E-state index in [1.165, 1.54) is 30.6 Å². The fourth-order valence-electron chi connectivity index (χ4n) is 2.76. The van der Waals surface area contributed by atoms with Crippen molar-refractivity contribution in [3.8, 4) is 0 Å². The molecule has 0 amide bonds. The Bertz CT molecular complexity index is 337. The summed E-state index contributed by atoms with van der Waals surface area (Å²) in [6.07, 6.45) is 7.25. The summed E-state index contributed by atoms with van der Waals surface area (Å²) in [6.45, 7) is 4.39. The Morgan fingerprint density at radius 2 is 2.38 bits per heavy atom. The van der Waals surface area contributed by atoms with Crippen LogP contribution >= 0.6 is 11.3 Å². The second-order valence-electron chi connectivity index (χ2n) is 4.96. The Kier molecular flexibility index (Phi) is 3.95. The number of hydrogen-bond donors (Lipinski definition) is 2. The number of hydrazine groups is 1. The molecule has 1 aromatic heterocycles. The summed E-state index contributed by atoms with van der Waals surface area (Å²) in [5.74, 6) is 7.23. The van der Waals surface area contributed by atoms with Gasteiger partial charge in [0.2, 0.25) is 0 Å². The van der Waals surface area contributed by atoms with Crippen molar-refractivity contribution in [2.24, 2.45) is 17.7 Å². The van der Waals surface area contributed by atoms with Crippen molar-refractivity contribution in [1.82, 2.24) is 10.4 Å². The van der Waals surface area contributed by atoms with Gasteiger partial charge in [-0.25, -0.2) is 4.98 Å². The van der Waals surface area contributed by atoms with Gasteiger partial charge >= 0.3 is 0 Å². The predicted molar refractivity (Wildman–Crippen MR) is 68.0 cm³/mol. The monoisotopic (exact) mass is 239 g/mol. The molecule has 2 rings (SSSR count). The first-order valence-electron chi connectivity index (χ1n) is 6.09. The SMILES string of the molecule is Cc1ncc(C(NN)C2CCCC(C)C2)s1. The third-order valence-electron chi connectivity index (χ3n) is 3.57. The van der Waals surface area contributed by atoms with Crippen molar-refractivity contribution in [3.05, 3.63) is 16.1 Å². The number of nitrogens with zero attached hydrogens (tertiary/aromatic N) is 1.